The number of aromatic nitrogens is 2. The number of esters is 1. The molecule has 0 aliphatic rings. The lowest BCUT2D eigenvalue weighted by molar-refractivity contribution is 0.0505. The molecule has 0 fully saturated rings. The first kappa shape index (κ1) is 20.8. The normalized spacial score (nSPS) is 11.0. The lowest BCUT2D eigenvalue weighted by atomic mass is 10.1. The molecule has 4 aromatic rings. The molecule has 0 amide bonds. The van der Waals surface area contributed by atoms with E-state index in [9.17, 15) is 4.79 Å². The summed E-state index contributed by atoms with van der Waals surface area (Å²) in [6, 6.07) is 15.4. The fraction of sp³-hybridized carbons (Fsp3) is 0.174. The highest BCUT2D eigenvalue weighted by Gasteiger charge is 2.14. The van der Waals surface area contributed by atoms with Gasteiger partial charge in [0, 0.05) is 21.7 Å². The van der Waals surface area contributed by atoms with Crippen LogP contribution in [0, 0.1) is 0 Å². The van der Waals surface area contributed by atoms with Gasteiger partial charge in [0.05, 0.1) is 17.6 Å². The number of thiophene rings is 1. The molecule has 0 bridgehead atoms. The number of carbonyl (C=O) groups excluding carboxylic acids is 1. The molecule has 0 atom stereocenters. The summed E-state index contributed by atoms with van der Waals surface area (Å²) < 4.78 is 5.18. The number of hydrogen-bond donors (Lipinski definition) is 0. The van der Waals surface area contributed by atoms with Gasteiger partial charge in [0.25, 0.3) is 0 Å². The van der Waals surface area contributed by atoms with E-state index in [-0.39, 0.29) is 5.97 Å². The molecule has 2 heterocycles. The van der Waals surface area contributed by atoms with Crippen LogP contribution in [0.1, 0.15) is 29.3 Å². The van der Waals surface area contributed by atoms with Crippen LogP contribution in [0.4, 0.5) is 0 Å². The van der Waals surface area contributed by atoms with Crippen LogP contribution in [-0.4, -0.2) is 22.5 Å². The van der Waals surface area contributed by atoms with E-state index in [4.69, 9.17) is 16.3 Å². The van der Waals surface area contributed by atoms with Gasteiger partial charge >= 0.3 is 5.97 Å². The summed E-state index contributed by atoms with van der Waals surface area (Å²) in [4.78, 5) is 21.9. The molecule has 0 aliphatic carbocycles. The number of benzene rings is 2. The molecule has 2 aromatic carbocycles. The van der Waals surface area contributed by atoms with Gasteiger partial charge in [-0.3, -0.25) is 0 Å². The Bertz CT molecular complexity index is 1160. The maximum atomic E-state index is 12.0. The summed E-state index contributed by atoms with van der Waals surface area (Å²) in [5.74, 6) is 0.464. The van der Waals surface area contributed by atoms with Crippen LogP contribution in [0.2, 0.25) is 5.02 Å². The highest BCUT2D eigenvalue weighted by molar-refractivity contribution is 7.98. The molecule has 0 N–H and O–H groups in total. The average molecular weight is 455 g/mol. The molecular weight excluding hydrogens is 436 g/mol. The molecular formula is C23H19ClN2O2S2. The highest BCUT2D eigenvalue weighted by Crippen LogP contribution is 2.38. The first-order chi connectivity index (χ1) is 14.7. The smallest absolute Gasteiger partial charge is 0.338 e. The molecule has 4 nitrogen and oxygen atoms in total. The van der Waals surface area contributed by atoms with Gasteiger partial charge in [-0.25, -0.2) is 14.8 Å². The first-order valence-corrected chi connectivity index (χ1v) is 11.8. The zero-order chi connectivity index (χ0) is 20.9. The zero-order valence-corrected chi connectivity index (χ0v) is 18.7. The van der Waals surface area contributed by atoms with Gasteiger partial charge in [0.15, 0.2) is 0 Å². The maximum absolute atomic E-state index is 12.0. The Balaban J connectivity index is 1.54. The topological polar surface area (TPSA) is 52.1 Å². The number of thioether (sulfide) groups is 1. The predicted octanol–water partition coefficient (Wildman–Crippen LogP) is 6.87. The van der Waals surface area contributed by atoms with E-state index in [1.54, 1.807) is 29.4 Å². The second-order valence-corrected chi connectivity index (χ2v) is 8.90. The second kappa shape index (κ2) is 9.60. The minimum absolute atomic E-state index is 0.278. The third-order valence-corrected chi connectivity index (χ3v) is 6.69. The quantitative estimate of drug-likeness (QED) is 0.173. The van der Waals surface area contributed by atoms with E-state index < -0.39 is 0 Å². The predicted molar refractivity (Wildman–Crippen MR) is 124 cm³/mol. The number of carbonyl (C=O) groups is 1. The van der Waals surface area contributed by atoms with Gasteiger partial charge in [0.2, 0.25) is 0 Å². The van der Waals surface area contributed by atoms with Crippen molar-refractivity contribution in [3.63, 3.8) is 0 Å². The number of rotatable bonds is 7. The van der Waals surface area contributed by atoms with Crippen LogP contribution in [0.5, 0.6) is 0 Å². The monoisotopic (exact) mass is 454 g/mol. The van der Waals surface area contributed by atoms with Crippen molar-refractivity contribution in [2.24, 2.45) is 0 Å². The minimum Gasteiger partial charge on any atom is -0.462 e. The minimum atomic E-state index is -0.278. The molecule has 0 radical (unpaired) electrons. The maximum Gasteiger partial charge on any atom is 0.338 e. The van der Waals surface area contributed by atoms with Gasteiger partial charge < -0.3 is 4.74 Å². The zero-order valence-electron chi connectivity index (χ0n) is 16.3. The standard InChI is InChI=1S/C23H19ClN2O2S2/c1-2-11-28-23(27)17-5-3-15(4-6-17)12-29-21-20-19(13-30-22(20)26-14-25-21)16-7-9-18(24)10-8-16/h3-10,13-14H,2,11-12H2,1H3. The van der Waals surface area contributed by atoms with Gasteiger partial charge in [-0.1, -0.05) is 42.8 Å². The SMILES string of the molecule is CCCOC(=O)c1ccc(CSc2ncnc3scc(-c4ccc(Cl)cc4)c23)cc1. The first-order valence-electron chi connectivity index (χ1n) is 9.52. The molecule has 0 unspecified atom stereocenters. The summed E-state index contributed by atoms with van der Waals surface area (Å²) in [7, 11) is 0. The van der Waals surface area contributed by atoms with Crippen molar-refractivity contribution in [2.45, 2.75) is 24.1 Å². The van der Waals surface area contributed by atoms with E-state index in [2.05, 4.69) is 15.3 Å². The Labute approximate surface area is 188 Å². The fourth-order valence-electron chi connectivity index (χ4n) is 2.97. The summed E-state index contributed by atoms with van der Waals surface area (Å²) in [5.41, 5.74) is 3.90. The molecule has 30 heavy (non-hydrogen) atoms. The van der Waals surface area contributed by atoms with Gasteiger partial charge in [-0.15, -0.1) is 23.1 Å². The molecule has 2 aromatic heterocycles. The Morgan fingerprint density at radius 3 is 2.60 bits per heavy atom. The number of nitrogens with zero attached hydrogens (tertiary/aromatic N) is 2. The van der Waals surface area contributed by atoms with Crippen molar-refractivity contribution in [2.75, 3.05) is 6.61 Å². The molecule has 0 aliphatic heterocycles. The number of fused-ring (bicyclic) bond motifs is 1. The van der Waals surface area contributed by atoms with Crippen LogP contribution in [0.15, 0.2) is 65.3 Å². The van der Waals surface area contributed by atoms with Crippen LogP contribution in [0.25, 0.3) is 21.3 Å². The summed E-state index contributed by atoms with van der Waals surface area (Å²) >= 11 is 9.31. The average Bonchev–Trinajstić information content (AvgIpc) is 3.22. The van der Waals surface area contributed by atoms with Crippen LogP contribution in [0.3, 0.4) is 0 Å². The third kappa shape index (κ3) is 4.67. The largest absolute Gasteiger partial charge is 0.462 e. The van der Waals surface area contributed by atoms with E-state index in [1.807, 2.05) is 55.5 Å². The Morgan fingerprint density at radius 1 is 1.10 bits per heavy atom. The Kier molecular flexibility index (Phi) is 6.67. The molecule has 7 heteroatoms. The van der Waals surface area contributed by atoms with E-state index in [0.29, 0.717) is 17.2 Å². The number of hydrogen-bond acceptors (Lipinski definition) is 6. The summed E-state index contributed by atoms with van der Waals surface area (Å²) in [6.07, 6.45) is 2.42. The van der Waals surface area contributed by atoms with Crippen molar-refractivity contribution >= 4 is 50.9 Å². The van der Waals surface area contributed by atoms with E-state index >= 15 is 0 Å². The number of halogens is 1. The van der Waals surface area contributed by atoms with Gasteiger partial charge in [0.1, 0.15) is 16.2 Å². The van der Waals surface area contributed by atoms with Crippen molar-refractivity contribution in [1.82, 2.24) is 9.97 Å². The summed E-state index contributed by atoms with van der Waals surface area (Å²) in [6.45, 7) is 2.42. The third-order valence-electron chi connectivity index (χ3n) is 4.49. The van der Waals surface area contributed by atoms with Crippen LogP contribution >= 0.6 is 34.7 Å². The van der Waals surface area contributed by atoms with E-state index in [0.717, 1.165) is 44.1 Å². The second-order valence-electron chi connectivity index (χ2n) is 6.64. The van der Waals surface area contributed by atoms with Crippen molar-refractivity contribution in [3.8, 4) is 11.1 Å². The molecule has 152 valence electrons. The van der Waals surface area contributed by atoms with Crippen molar-refractivity contribution in [1.29, 1.82) is 0 Å². The van der Waals surface area contributed by atoms with Crippen LogP contribution < -0.4 is 0 Å². The lowest BCUT2D eigenvalue weighted by Gasteiger charge is -2.07. The molecule has 4 rings (SSSR count). The van der Waals surface area contributed by atoms with E-state index in [1.165, 1.54) is 0 Å². The highest BCUT2D eigenvalue weighted by atomic mass is 35.5. The van der Waals surface area contributed by atoms with Crippen LogP contribution in [-0.2, 0) is 10.5 Å². The lowest BCUT2D eigenvalue weighted by Crippen LogP contribution is -2.05. The number of ether oxygens (including phenoxy) is 1. The van der Waals surface area contributed by atoms with Crippen molar-refractivity contribution < 1.29 is 9.53 Å². The molecule has 0 saturated carbocycles. The van der Waals surface area contributed by atoms with Gasteiger partial charge in [-0.05, 0) is 41.8 Å². The summed E-state index contributed by atoms with van der Waals surface area (Å²) in [5, 5.41) is 4.84. The molecule has 0 spiro atoms. The Hall–Kier alpha value is -2.41. The van der Waals surface area contributed by atoms with Crippen molar-refractivity contribution in [3.05, 3.63) is 76.4 Å². The fourth-order valence-corrected chi connectivity index (χ4v) is 5.04. The Morgan fingerprint density at radius 2 is 1.87 bits per heavy atom. The molecule has 0 saturated heterocycles. The van der Waals surface area contributed by atoms with Gasteiger partial charge in [-0.2, -0.15) is 0 Å².